The molecule has 0 radical (unpaired) electrons. The average Bonchev–Trinajstić information content (AvgIpc) is 2.62. The first kappa shape index (κ1) is 28.4. The zero-order valence-corrected chi connectivity index (χ0v) is 20.5. The summed E-state index contributed by atoms with van der Waals surface area (Å²) in [6.45, 7) is 17.9. The maximum atomic E-state index is 10.2. The highest BCUT2D eigenvalue weighted by Gasteiger charge is 2.16. The number of amides is 1. The largest absolute Gasteiger partial charge is 0.460 e. The van der Waals surface area contributed by atoms with Crippen LogP contribution in [0.3, 0.4) is 0 Å². The number of alkyl halides is 1. The topological polar surface area (TPSA) is 83.0 Å². The normalized spacial score (nSPS) is 24.3. The third-order valence-electron chi connectivity index (χ3n) is 4.86. The van der Waals surface area contributed by atoms with Gasteiger partial charge in [-0.2, -0.15) is 0 Å². The molecule has 1 amide bonds. The summed E-state index contributed by atoms with van der Waals surface area (Å²) in [6, 6.07) is 0. The van der Waals surface area contributed by atoms with Crippen molar-refractivity contribution in [2.75, 3.05) is 19.6 Å². The van der Waals surface area contributed by atoms with Gasteiger partial charge in [0, 0.05) is 6.92 Å². The van der Waals surface area contributed by atoms with Gasteiger partial charge in [-0.3, -0.25) is 14.6 Å². The second kappa shape index (κ2) is 15.2. The van der Waals surface area contributed by atoms with Crippen LogP contribution in [0, 0.1) is 11.8 Å². The van der Waals surface area contributed by atoms with Crippen LogP contribution in [0.2, 0.25) is 0 Å². The van der Waals surface area contributed by atoms with Crippen molar-refractivity contribution in [3.63, 3.8) is 0 Å². The van der Waals surface area contributed by atoms with Gasteiger partial charge in [-0.1, -0.05) is 32.4 Å². The van der Waals surface area contributed by atoms with Crippen LogP contribution in [0.15, 0.2) is 16.9 Å². The number of rotatable bonds is 3. The Morgan fingerprint density at radius 2 is 1.97 bits per heavy atom. The average molecular weight is 445 g/mol. The van der Waals surface area contributed by atoms with Crippen molar-refractivity contribution < 1.29 is 14.3 Å². The molecule has 1 saturated heterocycles. The molecule has 0 aliphatic carbocycles. The standard InChI is InChI=1S/C11H23N.C6H12O2.C5H6ClN3O/c1-4-12-8-5-6-10(2)11(3)7-9-12;1-5(7)8-6(2,3)4;6-4-1-5(9-3-10)8-2-7-4/h10-11H,4-9H2,1-3H3;1-4H3;1-4H,(H,7,8)(H,9,10). The van der Waals surface area contributed by atoms with Gasteiger partial charge in [-0.25, -0.2) is 0 Å². The second-order valence-corrected chi connectivity index (χ2v) is 9.11. The summed E-state index contributed by atoms with van der Waals surface area (Å²) in [5, 5.41) is 5.10. The zero-order valence-electron chi connectivity index (χ0n) is 19.7. The highest BCUT2D eigenvalue weighted by atomic mass is 35.5. The van der Waals surface area contributed by atoms with Gasteiger partial charge in [-0.15, -0.1) is 0 Å². The van der Waals surface area contributed by atoms with Gasteiger partial charge in [0.15, 0.2) is 0 Å². The van der Waals surface area contributed by atoms with Crippen molar-refractivity contribution in [2.24, 2.45) is 16.8 Å². The molecule has 0 aromatic rings. The fourth-order valence-electron chi connectivity index (χ4n) is 3.01. The number of aliphatic imine (C=N–C) groups is 1. The monoisotopic (exact) mass is 444 g/mol. The van der Waals surface area contributed by atoms with Gasteiger partial charge in [0.1, 0.15) is 16.9 Å². The van der Waals surface area contributed by atoms with Crippen molar-refractivity contribution in [2.45, 2.75) is 78.8 Å². The lowest BCUT2D eigenvalue weighted by Crippen LogP contribution is -2.30. The van der Waals surface area contributed by atoms with Crippen molar-refractivity contribution in [1.29, 1.82) is 0 Å². The van der Waals surface area contributed by atoms with Crippen molar-refractivity contribution in [1.82, 2.24) is 15.5 Å². The van der Waals surface area contributed by atoms with E-state index in [1.54, 1.807) is 6.08 Å². The molecular weight excluding hydrogens is 404 g/mol. The van der Waals surface area contributed by atoms with Crippen molar-refractivity contribution in [3.8, 4) is 0 Å². The molecule has 3 atom stereocenters. The Morgan fingerprint density at radius 1 is 1.33 bits per heavy atom. The lowest BCUT2D eigenvalue weighted by atomic mass is 9.87. The molecule has 30 heavy (non-hydrogen) atoms. The summed E-state index contributed by atoms with van der Waals surface area (Å²) in [4.78, 5) is 26.5. The summed E-state index contributed by atoms with van der Waals surface area (Å²) in [6.07, 6.45) is 7.83. The lowest BCUT2D eigenvalue weighted by Gasteiger charge is -2.29. The minimum atomic E-state index is -0.385. The number of hydrogen-bond donors (Lipinski definition) is 2. The molecular formula is C22H41ClN4O3. The molecule has 2 aliphatic rings. The van der Waals surface area contributed by atoms with E-state index in [4.69, 9.17) is 16.3 Å². The molecule has 7 nitrogen and oxygen atoms in total. The molecule has 0 spiro atoms. The van der Waals surface area contributed by atoms with Crippen LogP contribution < -0.4 is 10.6 Å². The van der Waals surface area contributed by atoms with E-state index in [-0.39, 0.29) is 17.1 Å². The number of halogens is 1. The number of carbonyl (C=O) groups is 2. The predicted octanol–water partition coefficient (Wildman–Crippen LogP) is 3.88. The summed E-state index contributed by atoms with van der Waals surface area (Å²) in [7, 11) is 0. The van der Waals surface area contributed by atoms with Crippen LogP contribution in [0.25, 0.3) is 0 Å². The fourth-order valence-corrected chi connectivity index (χ4v) is 3.19. The number of nitrogens with one attached hydrogen (secondary N) is 2. The van der Waals surface area contributed by atoms with E-state index in [1.807, 2.05) is 20.8 Å². The van der Waals surface area contributed by atoms with Crippen LogP contribution in [0.1, 0.15) is 67.7 Å². The second-order valence-electron chi connectivity index (χ2n) is 8.66. The van der Waals surface area contributed by atoms with Gasteiger partial charge in [0.25, 0.3) is 0 Å². The third-order valence-corrected chi connectivity index (χ3v) is 5.10. The highest BCUT2D eigenvalue weighted by molar-refractivity contribution is 6.22. The lowest BCUT2D eigenvalue weighted by molar-refractivity contribution is -0.151. The molecule has 3 unspecified atom stereocenters. The molecule has 0 aromatic carbocycles. The van der Waals surface area contributed by atoms with Gasteiger partial charge >= 0.3 is 5.97 Å². The van der Waals surface area contributed by atoms with Gasteiger partial charge in [0.2, 0.25) is 6.41 Å². The number of nitrogens with zero attached hydrogens (tertiary/aromatic N) is 2. The minimum absolute atomic E-state index is 0.225. The third kappa shape index (κ3) is 15.3. The summed E-state index contributed by atoms with van der Waals surface area (Å²) in [5.74, 6) is 2.21. The Labute approximate surface area is 187 Å². The van der Waals surface area contributed by atoms with E-state index in [9.17, 15) is 9.59 Å². The SMILES string of the molecule is CC(=O)OC(C)(C)C.CCN1CCCC(C)C(C)CC1.O=CNC1=CC(Cl)N=CN1. The van der Waals surface area contributed by atoms with Gasteiger partial charge in [-0.05, 0) is 77.6 Å². The fraction of sp³-hybridized carbons (Fsp3) is 0.773. The van der Waals surface area contributed by atoms with Crippen LogP contribution >= 0.6 is 11.6 Å². The Morgan fingerprint density at radius 3 is 2.43 bits per heavy atom. The number of esters is 1. The molecule has 0 aromatic heterocycles. The van der Waals surface area contributed by atoms with E-state index >= 15 is 0 Å². The molecule has 0 saturated carbocycles. The van der Waals surface area contributed by atoms with Crippen LogP contribution in [0.5, 0.6) is 0 Å². The van der Waals surface area contributed by atoms with E-state index in [2.05, 4.69) is 41.3 Å². The first-order chi connectivity index (χ1) is 14.0. The first-order valence-electron chi connectivity index (χ1n) is 10.7. The number of likely N-dealkylation sites (tertiary alicyclic amines) is 1. The van der Waals surface area contributed by atoms with Crippen LogP contribution in [-0.4, -0.2) is 54.4 Å². The van der Waals surface area contributed by atoms with Crippen molar-refractivity contribution in [3.05, 3.63) is 11.9 Å². The van der Waals surface area contributed by atoms with Crippen LogP contribution in [-0.2, 0) is 14.3 Å². The van der Waals surface area contributed by atoms with E-state index in [1.165, 1.54) is 52.2 Å². The summed E-state index contributed by atoms with van der Waals surface area (Å²) in [5.41, 5.74) is -0.713. The van der Waals surface area contributed by atoms with E-state index < -0.39 is 0 Å². The van der Waals surface area contributed by atoms with Gasteiger partial charge in [0.05, 0.1) is 6.34 Å². The maximum absolute atomic E-state index is 10.2. The molecule has 2 heterocycles. The highest BCUT2D eigenvalue weighted by Crippen LogP contribution is 2.22. The van der Waals surface area contributed by atoms with Crippen LogP contribution in [0.4, 0.5) is 0 Å². The molecule has 2 N–H and O–H groups in total. The molecule has 1 fully saturated rings. The quantitative estimate of drug-likeness (QED) is 0.298. The summed E-state index contributed by atoms with van der Waals surface area (Å²) < 4.78 is 4.80. The van der Waals surface area contributed by atoms with E-state index in [0.29, 0.717) is 12.2 Å². The molecule has 2 rings (SSSR count). The smallest absolute Gasteiger partial charge is 0.303 e. The number of carbonyl (C=O) groups excluding carboxylic acids is 2. The maximum Gasteiger partial charge on any atom is 0.303 e. The molecule has 174 valence electrons. The van der Waals surface area contributed by atoms with E-state index in [0.717, 1.165) is 11.8 Å². The molecule has 8 heteroatoms. The predicted molar refractivity (Wildman–Crippen MR) is 124 cm³/mol. The number of hydrogen-bond acceptors (Lipinski definition) is 6. The van der Waals surface area contributed by atoms with Gasteiger partial charge < -0.3 is 20.3 Å². The zero-order chi connectivity index (χ0) is 23.2. The molecule has 2 aliphatic heterocycles. The minimum Gasteiger partial charge on any atom is -0.460 e. The number of ether oxygens (including phenoxy) is 1. The Bertz CT molecular complexity index is 555. The Kier molecular flexibility index (Phi) is 14.4. The Balaban J connectivity index is 0.000000431. The Hall–Kier alpha value is -1.60. The van der Waals surface area contributed by atoms with Crippen molar-refractivity contribution >= 4 is 30.3 Å². The molecule has 0 bridgehead atoms. The first-order valence-corrected chi connectivity index (χ1v) is 11.2. The summed E-state index contributed by atoms with van der Waals surface area (Å²) >= 11 is 5.58.